The zero-order chi connectivity index (χ0) is 26.9. The largest absolute Gasteiger partial charge is 0.446 e. The summed E-state index contributed by atoms with van der Waals surface area (Å²) >= 11 is 11.9. The van der Waals surface area contributed by atoms with Crippen LogP contribution in [0.15, 0.2) is 102 Å². The zero-order valence-electron chi connectivity index (χ0n) is 20.1. The van der Waals surface area contributed by atoms with E-state index in [0.29, 0.717) is 38.4 Å². The van der Waals surface area contributed by atoms with Gasteiger partial charge in [-0.05, 0) is 96.9 Å². The molecule has 0 aromatic heterocycles. The quantitative estimate of drug-likeness (QED) is 0.0852. The average molecular weight is 549 g/mol. The highest BCUT2D eigenvalue weighted by molar-refractivity contribution is 6.30. The number of ether oxygens (including phenoxy) is 3. The molecule has 0 aliphatic rings. The lowest BCUT2D eigenvalue weighted by Gasteiger charge is -2.19. The van der Waals surface area contributed by atoms with Crippen LogP contribution >= 0.6 is 23.2 Å². The van der Waals surface area contributed by atoms with Gasteiger partial charge in [-0.25, -0.2) is 10.2 Å². The van der Waals surface area contributed by atoms with Crippen molar-refractivity contribution < 1.29 is 23.8 Å². The highest BCUT2D eigenvalue weighted by Crippen LogP contribution is 2.21. The minimum absolute atomic E-state index is 0.378. The Balaban J connectivity index is 1.38. The van der Waals surface area contributed by atoms with Crippen LogP contribution in [-0.2, 0) is 4.79 Å². The van der Waals surface area contributed by atoms with Crippen LogP contribution in [0.25, 0.3) is 0 Å². The van der Waals surface area contributed by atoms with Crippen LogP contribution in [0.1, 0.15) is 21.5 Å². The average Bonchev–Trinajstić information content (AvgIpc) is 2.92. The Labute approximate surface area is 229 Å². The SMILES string of the molecule is Cc1ccccc1C(=O)Oc1ccc(C=NNC(=O)C(Oc2ccc(Cl)cc2)Oc2ccc(Cl)cc2)cc1. The van der Waals surface area contributed by atoms with Gasteiger partial charge >= 0.3 is 18.2 Å². The number of benzene rings is 4. The fraction of sp³-hybridized carbons (Fsp3) is 0.0690. The van der Waals surface area contributed by atoms with E-state index in [4.69, 9.17) is 37.4 Å². The Morgan fingerprint density at radius 1 is 0.763 bits per heavy atom. The second kappa shape index (κ2) is 12.8. The molecule has 4 aromatic carbocycles. The predicted molar refractivity (Wildman–Crippen MR) is 146 cm³/mol. The van der Waals surface area contributed by atoms with Crippen LogP contribution in [-0.4, -0.2) is 24.4 Å². The van der Waals surface area contributed by atoms with Gasteiger partial charge in [-0.1, -0.05) is 41.4 Å². The number of hydrazone groups is 1. The van der Waals surface area contributed by atoms with Crippen molar-refractivity contribution in [2.24, 2.45) is 5.10 Å². The van der Waals surface area contributed by atoms with Crippen molar-refractivity contribution in [3.05, 3.63) is 124 Å². The van der Waals surface area contributed by atoms with Crippen molar-refractivity contribution in [2.45, 2.75) is 13.2 Å². The molecule has 38 heavy (non-hydrogen) atoms. The Bertz CT molecular complexity index is 1380. The zero-order valence-corrected chi connectivity index (χ0v) is 21.6. The number of carbonyl (C=O) groups excluding carboxylic acids is 2. The molecule has 0 unspecified atom stereocenters. The minimum atomic E-state index is -1.35. The number of hydrogen-bond acceptors (Lipinski definition) is 6. The first kappa shape index (κ1) is 26.7. The van der Waals surface area contributed by atoms with Crippen molar-refractivity contribution in [3.63, 3.8) is 0 Å². The third kappa shape index (κ3) is 7.59. The highest BCUT2D eigenvalue weighted by atomic mass is 35.5. The summed E-state index contributed by atoms with van der Waals surface area (Å²) in [5, 5.41) is 5.04. The van der Waals surface area contributed by atoms with E-state index in [0.717, 1.165) is 5.56 Å². The monoisotopic (exact) mass is 548 g/mol. The Morgan fingerprint density at radius 3 is 1.84 bits per heavy atom. The lowest BCUT2D eigenvalue weighted by molar-refractivity contribution is -0.140. The number of hydrogen-bond donors (Lipinski definition) is 1. The van der Waals surface area contributed by atoms with E-state index in [-0.39, 0.29) is 0 Å². The molecule has 4 rings (SSSR count). The van der Waals surface area contributed by atoms with Gasteiger partial charge in [0.1, 0.15) is 17.2 Å². The Morgan fingerprint density at radius 2 is 1.29 bits per heavy atom. The van der Waals surface area contributed by atoms with E-state index in [1.165, 1.54) is 6.21 Å². The van der Waals surface area contributed by atoms with Gasteiger partial charge in [0.2, 0.25) is 0 Å². The molecule has 0 bridgehead atoms. The summed E-state index contributed by atoms with van der Waals surface area (Å²) in [5.74, 6) is 0.0537. The second-order valence-electron chi connectivity index (χ2n) is 7.98. The number of amides is 1. The van der Waals surface area contributed by atoms with Crippen molar-refractivity contribution in [3.8, 4) is 17.2 Å². The molecule has 7 nitrogen and oxygen atoms in total. The number of esters is 1. The fourth-order valence-electron chi connectivity index (χ4n) is 3.21. The summed E-state index contributed by atoms with van der Waals surface area (Å²) in [7, 11) is 0. The lowest BCUT2D eigenvalue weighted by atomic mass is 10.1. The summed E-state index contributed by atoms with van der Waals surface area (Å²) in [6.45, 7) is 1.84. The van der Waals surface area contributed by atoms with E-state index in [1.54, 1.807) is 84.9 Å². The summed E-state index contributed by atoms with van der Waals surface area (Å²) in [6.07, 6.45) is 0.0877. The molecule has 0 saturated heterocycles. The van der Waals surface area contributed by atoms with Gasteiger partial charge in [-0.3, -0.25) is 4.79 Å². The number of nitrogens with one attached hydrogen (secondary N) is 1. The number of carbonyl (C=O) groups is 2. The third-order valence-electron chi connectivity index (χ3n) is 5.17. The molecule has 0 aliphatic heterocycles. The van der Waals surface area contributed by atoms with Gasteiger partial charge in [-0.15, -0.1) is 0 Å². The topological polar surface area (TPSA) is 86.2 Å². The van der Waals surface area contributed by atoms with Gasteiger partial charge in [0.05, 0.1) is 11.8 Å². The highest BCUT2D eigenvalue weighted by Gasteiger charge is 2.22. The standard InChI is InChI=1S/C29H22Cl2N2O5/c1-19-4-2-3-5-26(19)28(35)36-23-12-6-20(7-13-23)18-32-33-27(34)29(37-24-14-8-21(30)9-15-24)38-25-16-10-22(31)11-17-25/h2-18,29H,1H3,(H,33,34). The molecule has 0 radical (unpaired) electrons. The van der Waals surface area contributed by atoms with Crippen LogP contribution in [0.3, 0.4) is 0 Å². The van der Waals surface area contributed by atoms with E-state index in [2.05, 4.69) is 10.5 Å². The predicted octanol–water partition coefficient (Wildman–Crippen LogP) is 6.46. The summed E-state index contributed by atoms with van der Waals surface area (Å²) in [5.41, 5.74) is 4.40. The smallest absolute Gasteiger partial charge is 0.343 e. The molecule has 9 heteroatoms. The molecule has 0 saturated carbocycles. The van der Waals surface area contributed by atoms with Crippen LogP contribution in [0, 0.1) is 6.92 Å². The maximum absolute atomic E-state index is 12.8. The van der Waals surface area contributed by atoms with E-state index >= 15 is 0 Å². The van der Waals surface area contributed by atoms with Gasteiger partial charge in [0.25, 0.3) is 0 Å². The molecular weight excluding hydrogens is 527 g/mol. The summed E-state index contributed by atoms with van der Waals surface area (Å²) in [4.78, 5) is 25.2. The number of halogens is 2. The van der Waals surface area contributed by atoms with Gasteiger partial charge < -0.3 is 14.2 Å². The molecule has 0 heterocycles. The van der Waals surface area contributed by atoms with Crippen molar-refractivity contribution >= 4 is 41.3 Å². The summed E-state index contributed by atoms with van der Waals surface area (Å²) < 4.78 is 16.9. The van der Waals surface area contributed by atoms with E-state index < -0.39 is 18.2 Å². The number of aryl methyl sites for hydroxylation is 1. The van der Waals surface area contributed by atoms with Crippen molar-refractivity contribution in [1.29, 1.82) is 0 Å². The van der Waals surface area contributed by atoms with E-state index in [9.17, 15) is 9.59 Å². The number of nitrogens with zero attached hydrogens (tertiary/aromatic N) is 1. The first-order valence-corrected chi connectivity index (χ1v) is 12.2. The maximum atomic E-state index is 12.8. The molecule has 192 valence electrons. The molecule has 0 fully saturated rings. The van der Waals surface area contributed by atoms with Gasteiger partial charge in [-0.2, -0.15) is 5.10 Å². The summed E-state index contributed by atoms with van der Waals surface area (Å²) in [6, 6.07) is 26.8. The second-order valence-corrected chi connectivity index (χ2v) is 8.86. The van der Waals surface area contributed by atoms with Crippen LogP contribution in [0.4, 0.5) is 0 Å². The Hall–Kier alpha value is -4.33. The normalized spacial score (nSPS) is 10.8. The molecule has 1 N–H and O–H groups in total. The minimum Gasteiger partial charge on any atom is -0.446 e. The molecule has 0 atom stereocenters. The maximum Gasteiger partial charge on any atom is 0.343 e. The number of rotatable bonds is 9. The van der Waals surface area contributed by atoms with Gasteiger partial charge in [0, 0.05) is 10.0 Å². The van der Waals surface area contributed by atoms with Crippen molar-refractivity contribution in [1.82, 2.24) is 5.43 Å². The third-order valence-corrected chi connectivity index (χ3v) is 5.68. The van der Waals surface area contributed by atoms with Gasteiger partial charge in [0.15, 0.2) is 0 Å². The van der Waals surface area contributed by atoms with Crippen molar-refractivity contribution in [2.75, 3.05) is 0 Å². The van der Waals surface area contributed by atoms with E-state index in [1.807, 2.05) is 19.1 Å². The fourth-order valence-corrected chi connectivity index (χ4v) is 3.47. The van der Waals surface area contributed by atoms with Crippen LogP contribution < -0.4 is 19.6 Å². The lowest BCUT2D eigenvalue weighted by Crippen LogP contribution is -2.40. The van der Waals surface area contributed by atoms with Crippen LogP contribution in [0.2, 0.25) is 10.0 Å². The first-order valence-electron chi connectivity index (χ1n) is 11.4. The Kier molecular flexibility index (Phi) is 8.98. The molecular formula is C29H22Cl2N2O5. The van der Waals surface area contributed by atoms with Crippen LogP contribution in [0.5, 0.6) is 17.2 Å². The first-order chi connectivity index (χ1) is 18.4. The molecule has 4 aromatic rings. The molecule has 0 spiro atoms. The molecule has 1 amide bonds. The molecule has 0 aliphatic carbocycles.